The average molecular weight is 194 g/mol. The van der Waals surface area contributed by atoms with Gasteiger partial charge in [-0.1, -0.05) is 12.2 Å². The fraction of sp³-hybridized carbons (Fsp3) is 0.333. The maximum absolute atomic E-state index is 8.72. The fourth-order valence-corrected chi connectivity index (χ4v) is 1.31. The summed E-state index contributed by atoms with van der Waals surface area (Å²) < 4.78 is 5.47. The van der Waals surface area contributed by atoms with E-state index in [2.05, 4.69) is 4.98 Å². The van der Waals surface area contributed by atoms with Gasteiger partial charge < -0.3 is 9.72 Å². The van der Waals surface area contributed by atoms with E-state index in [0.29, 0.717) is 16.8 Å². The molecule has 68 valence electrons. The van der Waals surface area contributed by atoms with Crippen LogP contribution < -0.4 is 0 Å². The first-order valence-electron chi connectivity index (χ1n) is 3.81. The number of aromatic nitrogens is 1. The molecule has 0 radical (unpaired) electrons. The van der Waals surface area contributed by atoms with E-state index in [1.807, 2.05) is 13.0 Å². The van der Waals surface area contributed by atoms with Crippen LogP contribution in [0.5, 0.6) is 0 Å². The van der Waals surface area contributed by atoms with Gasteiger partial charge in [0.1, 0.15) is 10.7 Å². The van der Waals surface area contributed by atoms with Crippen LogP contribution in [0, 0.1) is 22.9 Å². The van der Waals surface area contributed by atoms with Gasteiger partial charge in [-0.25, -0.2) is 0 Å². The first-order valence-corrected chi connectivity index (χ1v) is 4.21. The second-order valence-electron chi connectivity index (χ2n) is 2.71. The summed E-state index contributed by atoms with van der Waals surface area (Å²) >= 11 is 4.96. The number of rotatable bonds is 2. The molecule has 0 saturated heterocycles. The predicted molar refractivity (Wildman–Crippen MR) is 51.8 cm³/mol. The van der Waals surface area contributed by atoms with E-state index in [0.717, 1.165) is 11.3 Å². The van der Waals surface area contributed by atoms with Crippen molar-refractivity contribution in [3.8, 4) is 6.07 Å². The van der Waals surface area contributed by atoms with Gasteiger partial charge >= 0.3 is 0 Å². The summed E-state index contributed by atoms with van der Waals surface area (Å²) in [6.07, 6.45) is 0. The lowest BCUT2D eigenvalue weighted by Crippen LogP contribution is -1.97. The summed E-state index contributed by atoms with van der Waals surface area (Å²) in [6, 6.07) is 3.79. The van der Waals surface area contributed by atoms with E-state index in [1.165, 1.54) is 0 Å². The van der Waals surface area contributed by atoms with Crippen LogP contribution in [-0.4, -0.2) is 12.1 Å². The first-order chi connectivity index (χ1) is 6.19. The Morgan fingerprint density at radius 3 is 2.92 bits per heavy atom. The van der Waals surface area contributed by atoms with Crippen molar-refractivity contribution in [2.75, 3.05) is 7.11 Å². The Balaban J connectivity index is 3.24. The van der Waals surface area contributed by atoms with E-state index in [4.69, 9.17) is 22.2 Å². The SMILES string of the molecule is COCc1cc(C#N)c(=S)[nH]c1C. The molecule has 3 nitrogen and oxygen atoms in total. The lowest BCUT2D eigenvalue weighted by Gasteiger charge is -2.04. The highest BCUT2D eigenvalue weighted by Crippen LogP contribution is 2.10. The minimum Gasteiger partial charge on any atom is -0.380 e. The van der Waals surface area contributed by atoms with Crippen molar-refractivity contribution >= 4 is 12.2 Å². The number of H-pyrrole nitrogens is 1. The van der Waals surface area contributed by atoms with Crippen LogP contribution in [0.25, 0.3) is 0 Å². The Morgan fingerprint density at radius 2 is 2.38 bits per heavy atom. The predicted octanol–water partition coefficient (Wildman–Crippen LogP) is 2.07. The summed E-state index contributed by atoms with van der Waals surface area (Å²) in [5.74, 6) is 0. The average Bonchev–Trinajstić information content (AvgIpc) is 2.10. The zero-order valence-electron chi connectivity index (χ0n) is 7.55. The van der Waals surface area contributed by atoms with Gasteiger partial charge in [0.05, 0.1) is 12.2 Å². The minimum absolute atomic E-state index is 0.486. The van der Waals surface area contributed by atoms with Crippen LogP contribution in [-0.2, 0) is 11.3 Å². The van der Waals surface area contributed by atoms with Gasteiger partial charge in [0.25, 0.3) is 0 Å². The van der Waals surface area contributed by atoms with E-state index in [1.54, 1.807) is 13.2 Å². The lowest BCUT2D eigenvalue weighted by atomic mass is 10.1. The zero-order chi connectivity index (χ0) is 9.84. The number of aryl methyl sites for hydroxylation is 1. The third kappa shape index (κ3) is 2.14. The summed E-state index contributed by atoms with van der Waals surface area (Å²) in [4.78, 5) is 2.96. The van der Waals surface area contributed by atoms with Gasteiger partial charge in [0.15, 0.2) is 0 Å². The summed E-state index contributed by atoms with van der Waals surface area (Å²) in [7, 11) is 1.62. The molecule has 0 saturated carbocycles. The van der Waals surface area contributed by atoms with E-state index in [9.17, 15) is 0 Å². The van der Waals surface area contributed by atoms with Crippen molar-refractivity contribution < 1.29 is 4.74 Å². The molecule has 1 aromatic rings. The normalized spacial score (nSPS) is 9.62. The molecule has 1 aromatic heterocycles. The maximum atomic E-state index is 8.72. The van der Waals surface area contributed by atoms with Crippen molar-refractivity contribution in [3.63, 3.8) is 0 Å². The summed E-state index contributed by atoms with van der Waals surface area (Å²) in [5, 5.41) is 8.72. The quantitative estimate of drug-likeness (QED) is 0.733. The molecule has 0 atom stereocenters. The molecule has 0 bridgehead atoms. The lowest BCUT2D eigenvalue weighted by molar-refractivity contribution is 0.184. The highest BCUT2D eigenvalue weighted by Gasteiger charge is 2.01. The van der Waals surface area contributed by atoms with Crippen molar-refractivity contribution in [1.29, 1.82) is 5.26 Å². The molecule has 1 heterocycles. The standard InChI is InChI=1S/C9H10N2OS/c1-6-8(5-12-2)3-7(4-10)9(13)11-6/h3H,5H2,1-2H3,(H,11,13). The minimum atomic E-state index is 0.486. The Labute approximate surface area is 82.0 Å². The van der Waals surface area contributed by atoms with Crippen LogP contribution in [0.1, 0.15) is 16.8 Å². The van der Waals surface area contributed by atoms with Crippen molar-refractivity contribution in [2.24, 2.45) is 0 Å². The first kappa shape index (κ1) is 9.90. The largest absolute Gasteiger partial charge is 0.380 e. The number of hydrogen-bond donors (Lipinski definition) is 1. The zero-order valence-corrected chi connectivity index (χ0v) is 8.36. The molecule has 0 amide bonds. The van der Waals surface area contributed by atoms with Gasteiger partial charge in [-0.05, 0) is 18.6 Å². The molecule has 0 aliphatic rings. The van der Waals surface area contributed by atoms with E-state index >= 15 is 0 Å². The molecule has 1 N–H and O–H groups in total. The van der Waals surface area contributed by atoms with Gasteiger partial charge in [0, 0.05) is 12.8 Å². The molecule has 0 spiro atoms. The Hall–Kier alpha value is -1.18. The third-order valence-electron chi connectivity index (χ3n) is 1.77. The molecule has 0 aromatic carbocycles. The van der Waals surface area contributed by atoms with Crippen LogP contribution >= 0.6 is 12.2 Å². The topological polar surface area (TPSA) is 48.8 Å². The van der Waals surface area contributed by atoms with E-state index < -0.39 is 0 Å². The molecule has 0 fully saturated rings. The molecule has 0 unspecified atom stereocenters. The van der Waals surface area contributed by atoms with Gasteiger partial charge in [-0.3, -0.25) is 0 Å². The van der Waals surface area contributed by atoms with Crippen LogP contribution in [0.15, 0.2) is 6.07 Å². The number of pyridine rings is 1. The maximum Gasteiger partial charge on any atom is 0.121 e. The number of hydrogen-bond acceptors (Lipinski definition) is 3. The van der Waals surface area contributed by atoms with Crippen molar-refractivity contribution in [3.05, 3.63) is 27.5 Å². The second-order valence-corrected chi connectivity index (χ2v) is 3.12. The molecule has 0 aliphatic heterocycles. The Morgan fingerprint density at radius 1 is 1.69 bits per heavy atom. The van der Waals surface area contributed by atoms with Crippen LogP contribution in [0.3, 0.4) is 0 Å². The summed E-state index contributed by atoms with van der Waals surface area (Å²) in [5.41, 5.74) is 2.41. The molecule has 1 rings (SSSR count). The van der Waals surface area contributed by atoms with Gasteiger partial charge in [0.2, 0.25) is 0 Å². The number of nitriles is 1. The molecule has 4 heteroatoms. The number of methoxy groups -OCH3 is 1. The fourth-order valence-electron chi connectivity index (χ4n) is 1.05. The van der Waals surface area contributed by atoms with Crippen molar-refractivity contribution in [2.45, 2.75) is 13.5 Å². The number of nitrogens with zero attached hydrogens (tertiary/aromatic N) is 1. The number of ether oxygens (including phenoxy) is 1. The Kier molecular flexibility index (Phi) is 3.18. The van der Waals surface area contributed by atoms with Gasteiger partial charge in [-0.2, -0.15) is 5.26 Å². The second kappa shape index (κ2) is 4.17. The summed E-state index contributed by atoms with van der Waals surface area (Å²) in [6.45, 7) is 2.40. The molecule has 13 heavy (non-hydrogen) atoms. The van der Waals surface area contributed by atoms with Crippen LogP contribution in [0.4, 0.5) is 0 Å². The monoisotopic (exact) mass is 194 g/mol. The van der Waals surface area contributed by atoms with E-state index in [-0.39, 0.29) is 0 Å². The molecular weight excluding hydrogens is 184 g/mol. The molecular formula is C9H10N2OS. The molecule has 0 aliphatic carbocycles. The highest BCUT2D eigenvalue weighted by molar-refractivity contribution is 7.71. The Bertz CT molecular complexity index is 403. The number of nitrogens with one attached hydrogen (secondary N) is 1. The highest BCUT2D eigenvalue weighted by atomic mass is 32.1. The smallest absolute Gasteiger partial charge is 0.121 e. The number of aromatic amines is 1. The van der Waals surface area contributed by atoms with Crippen LogP contribution in [0.2, 0.25) is 0 Å². The van der Waals surface area contributed by atoms with Gasteiger partial charge in [-0.15, -0.1) is 0 Å². The third-order valence-corrected chi connectivity index (χ3v) is 2.09. The van der Waals surface area contributed by atoms with Crippen molar-refractivity contribution in [1.82, 2.24) is 4.98 Å².